The first-order valence-electron chi connectivity index (χ1n) is 4.57. The second-order valence-corrected chi connectivity index (χ2v) is 3.99. The van der Waals surface area contributed by atoms with Gasteiger partial charge in [0, 0.05) is 5.75 Å². The second kappa shape index (κ2) is 5.30. The van der Waals surface area contributed by atoms with Gasteiger partial charge in [-0.05, 0) is 10.3 Å². The number of hydrogen-bond acceptors (Lipinski definition) is 8. The number of nitrogens with two attached hydrogens (primary N) is 1. The maximum absolute atomic E-state index is 8.53. The minimum atomic E-state index is -0.130. The summed E-state index contributed by atoms with van der Waals surface area (Å²) < 4.78 is 6.21. The van der Waals surface area contributed by atoms with Gasteiger partial charge in [0.1, 0.15) is 12.7 Å². The molecule has 0 atom stereocenters. The van der Waals surface area contributed by atoms with Crippen LogP contribution in [0.15, 0.2) is 27.5 Å². The molecule has 0 saturated carbocycles. The zero-order valence-electron chi connectivity index (χ0n) is 8.59. The number of oxime groups is 1. The summed E-state index contributed by atoms with van der Waals surface area (Å²) in [6.07, 6.45) is 3.08. The third kappa shape index (κ3) is 2.72. The first-order chi connectivity index (χ1) is 8.31. The fourth-order valence-electron chi connectivity index (χ4n) is 1.06. The highest BCUT2D eigenvalue weighted by atomic mass is 32.2. The molecule has 9 nitrogen and oxygen atoms in total. The van der Waals surface area contributed by atoms with Crippen molar-refractivity contribution in [2.45, 2.75) is 11.6 Å². The normalized spacial score (nSPS) is 11.9. The molecule has 3 N–H and O–H groups in total. The van der Waals surface area contributed by atoms with Crippen LogP contribution in [0.25, 0.3) is 0 Å². The maximum Gasteiger partial charge on any atom is 0.195 e. The van der Waals surface area contributed by atoms with E-state index in [0.717, 1.165) is 0 Å². The van der Waals surface area contributed by atoms with E-state index in [0.29, 0.717) is 17.3 Å². The van der Waals surface area contributed by atoms with E-state index in [9.17, 15) is 0 Å². The monoisotopic (exact) mass is 255 g/mol. The molecule has 0 aromatic carbocycles. The van der Waals surface area contributed by atoms with Crippen molar-refractivity contribution in [3.63, 3.8) is 0 Å². The summed E-state index contributed by atoms with van der Waals surface area (Å²) in [6, 6.07) is 0. The smallest absolute Gasteiger partial charge is 0.195 e. The van der Waals surface area contributed by atoms with Crippen LogP contribution < -0.4 is 5.73 Å². The summed E-state index contributed by atoms with van der Waals surface area (Å²) >= 11 is 1.37. The third-order valence-corrected chi connectivity index (χ3v) is 2.76. The van der Waals surface area contributed by atoms with Crippen molar-refractivity contribution < 1.29 is 9.84 Å². The van der Waals surface area contributed by atoms with E-state index >= 15 is 0 Å². The molecular weight excluding hydrogens is 246 g/mol. The van der Waals surface area contributed by atoms with Crippen molar-refractivity contribution in [1.82, 2.24) is 25.1 Å². The first kappa shape index (κ1) is 11.4. The van der Waals surface area contributed by atoms with E-state index in [1.165, 1.54) is 18.1 Å². The SMILES string of the molecule is N/C(=N\O)c1nonc1SCCn1cncn1. The summed E-state index contributed by atoms with van der Waals surface area (Å²) in [5.41, 5.74) is 5.63. The summed E-state index contributed by atoms with van der Waals surface area (Å²) in [5, 5.41) is 23.0. The largest absolute Gasteiger partial charge is 0.409 e. The quantitative estimate of drug-likeness (QED) is 0.241. The van der Waals surface area contributed by atoms with Crippen LogP contribution in [-0.4, -0.2) is 41.9 Å². The van der Waals surface area contributed by atoms with Crippen LogP contribution in [0.3, 0.4) is 0 Å². The zero-order chi connectivity index (χ0) is 12.1. The number of amidine groups is 1. The first-order valence-corrected chi connectivity index (χ1v) is 5.55. The number of thioether (sulfide) groups is 1. The van der Waals surface area contributed by atoms with Crippen molar-refractivity contribution in [3.8, 4) is 0 Å². The van der Waals surface area contributed by atoms with Crippen molar-refractivity contribution in [3.05, 3.63) is 18.3 Å². The average molecular weight is 255 g/mol. The molecule has 17 heavy (non-hydrogen) atoms. The summed E-state index contributed by atoms with van der Waals surface area (Å²) in [6.45, 7) is 0.660. The summed E-state index contributed by atoms with van der Waals surface area (Å²) in [7, 11) is 0. The Balaban J connectivity index is 1.93. The fourth-order valence-corrected chi connectivity index (χ4v) is 1.90. The van der Waals surface area contributed by atoms with Crippen molar-refractivity contribution in [2.24, 2.45) is 10.9 Å². The van der Waals surface area contributed by atoms with E-state index in [4.69, 9.17) is 10.9 Å². The lowest BCUT2D eigenvalue weighted by molar-refractivity contribution is 0.296. The minimum Gasteiger partial charge on any atom is -0.409 e. The molecule has 2 rings (SSSR count). The molecule has 0 saturated heterocycles. The highest BCUT2D eigenvalue weighted by Crippen LogP contribution is 2.18. The number of aryl methyl sites for hydroxylation is 1. The van der Waals surface area contributed by atoms with Crippen LogP contribution in [-0.2, 0) is 6.54 Å². The molecule has 0 radical (unpaired) electrons. The molecule has 10 heteroatoms. The van der Waals surface area contributed by atoms with Gasteiger partial charge in [-0.15, -0.1) is 0 Å². The molecule has 2 aromatic heterocycles. The molecule has 0 aliphatic heterocycles. The van der Waals surface area contributed by atoms with Gasteiger partial charge >= 0.3 is 0 Å². The zero-order valence-corrected chi connectivity index (χ0v) is 9.41. The highest BCUT2D eigenvalue weighted by Gasteiger charge is 2.14. The molecule has 0 fully saturated rings. The van der Waals surface area contributed by atoms with Gasteiger partial charge in [-0.2, -0.15) is 5.10 Å². The Labute approximate surface area is 99.7 Å². The van der Waals surface area contributed by atoms with Crippen molar-refractivity contribution >= 4 is 17.6 Å². The lowest BCUT2D eigenvalue weighted by atomic mass is 10.4. The molecule has 0 aliphatic carbocycles. The second-order valence-electron chi connectivity index (χ2n) is 2.91. The van der Waals surface area contributed by atoms with E-state index in [1.54, 1.807) is 11.0 Å². The lowest BCUT2D eigenvalue weighted by Gasteiger charge is -1.99. The molecule has 0 bridgehead atoms. The van der Waals surface area contributed by atoms with Crippen LogP contribution in [0.5, 0.6) is 0 Å². The van der Waals surface area contributed by atoms with Crippen molar-refractivity contribution in [2.75, 3.05) is 5.75 Å². The number of hydrogen-bond donors (Lipinski definition) is 2. The lowest BCUT2D eigenvalue weighted by Crippen LogP contribution is -2.14. The van der Waals surface area contributed by atoms with Gasteiger partial charge in [0.2, 0.25) is 0 Å². The van der Waals surface area contributed by atoms with Gasteiger partial charge in [-0.3, -0.25) is 4.68 Å². The Morgan fingerprint density at radius 1 is 1.59 bits per heavy atom. The Morgan fingerprint density at radius 2 is 2.47 bits per heavy atom. The molecule has 0 spiro atoms. The molecule has 0 aliphatic rings. The van der Waals surface area contributed by atoms with Crippen LogP contribution in [0.2, 0.25) is 0 Å². The van der Waals surface area contributed by atoms with Gasteiger partial charge in [-0.1, -0.05) is 16.9 Å². The van der Waals surface area contributed by atoms with Gasteiger partial charge < -0.3 is 10.9 Å². The third-order valence-electron chi connectivity index (χ3n) is 1.83. The Kier molecular flexibility index (Phi) is 3.55. The van der Waals surface area contributed by atoms with E-state index in [1.807, 2.05) is 0 Å². The Morgan fingerprint density at radius 3 is 3.18 bits per heavy atom. The van der Waals surface area contributed by atoms with E-state index < -0.39 is 0 Å². The maximum atomic E-state index is 8.53. The summed E-state index contributed by atoms with van der Waals surface area (Å²) in [5.74, 6) is 0.554. The topological polar surface area (TPSA) is 128 Å². The summed E-state index contributed by atoms with van der Waals surface area (Å²) in [4.78, 5) is 3.82. The molecule has 90 valence electrons. The number of nitrogens with zero attached hydrogens (tertiary/aromatic N) is 6. The van der Waals surface area contributed by atoms with Gasteiger partial charge in [-0.25, -0.2) is 9.61 Å². The van der Waals surface area contributed by atoms with Gasteiger partial charge in [0.15, 0.2) is 16.6 Å². The van der Waals surface area contributed by atoms with Crippen LogP contribution in [0, 0.1) is 0 Å². The van der Waals surface area contributed by atoms with Crippen LogP contribution >= 0.6 is 11.8 Å². The average Bonchev–Trinajstić information content (AvgIpc) is 2.99. The number of aromatic nitrogens is 5. The van der Waals surface area contributed by atoms with E-state index in [-0.39, 0.29) is 11.5 Å². The molecule has 0 unspecified atom stereocenters. The predicted octanol–water partition coefficient (Wildman–Crippen LogP) is -0.452. The molecule has 2 aromatic rings. The highest BCUT2D eigenvalue weighted by molar-refractivity contribution is 7.99. The predicted molar refractivity (Wildman–Crippen MR) is 57.6 cm³/mol. The van der Waals surface area contributed by atoms with Crippen LogP contribution in [0.4, 0.5) is 0 Å². The Bertz CT molecular complexity index is 494. The minimum absolute atomic E-state index is 0.130. The van der Waals surface area contributed by atoms with Crippen molar-refractivity contribution in [1.29, 1.82) is 0 Å². The number of rotatable bonds is 5. The molecule has 0 amide bonds. The molecule has 2 heterocycles. The molecular formula is C7H9N7O2S. The van der Waals surface area contributed by atoms with Crippen LogP contribution in [0.1, 0.15) is 5.69 Å². The van der Waals surface area contributed by atoms with E-state index in [2.05, 4.69) is 30.2 Å². The van der Waals surface area contributed by atoms with Gasteiger partial charge in [0.05, 0.1) is 6.54 Å². The fraction of sp³-hybridized carbons (Fsp3) is 0.286. The Hall–Kier alpha value is -2.10. The standard InChI is InChI=1S/C7H9N7O2S/c8-6(11-15)5-7(13-16-12-5)17-2-1-14-4-9-3-10-14/h3-4,15H,1-2H2,(H2,8,11). The van der Waals surface area contributed by atoms with Gasteiger partial charge in [0.25, 0.3) is 0 Å².